The van der Waals surface area contributed by atoms with Crippen molar-refractivity contribution in [3.8, 4) is 0 Å². The number of nitrogens with one attached hydrogen (secondary N) is 1. The van der Waals surface area contributed by atoms with Crippen molar-refractivity contribution >= 4 is 15.7 Å². The lowest BCUT2D eigenvalue weighted by atomic mass is 10.1. The van der Waals surface area contributed by atoms with Gasteiger partial charge in [0.25, 0.3) is 0 Å². The van der Waals surface area contributed by atoms with Crippen molar-refractivity contribution < 1.29 is 13.2 Å². The number of sulfone groups is 1. The average Bonchev–Trinajstić information content (AvgIpc) is 3.03. The molecule has 0 fully saturated rings. The highest BCUT2D eigenvalue weighted by molar-refractivity contribution is 7.91. The molecule has 0 saturated carbocycles. The van der Waals surface area contributed by atoms with Gasteiger partial charge in [-0.15, -0.1) is 0 Å². The van der Waals surface area contributed by atoms with E-state index >= 15 is 0 Å². The van der Waals surface area contributed by atoms with Gasteiger partial charge in [0.15, 0.2) is 9.84 Å². The van der Waals surface area contributed by atoms with E-state index in [0.29, 0.717) is 4.90 Å². The smallest absolute Gasteiger partial charge is 0.224 e. The molecule has 0 bridgehead atoms. The summed E-state index contributed by atoms with van der Waals surface area (Å²) in [4.78, 5) is 16.8. The molecule has 1 aliphatic rings. The van der Waals surface area contributed by atoms with Crippen LogP contribution in [0.4, 0.5) is 0 Å². The van der Waals surface area contributed by atoms with Crippen LogP contribution in [0.15, 0.2) is 41.6 Å². The van der Waals surface area contributed by atoms with Crippen LogP contribution >= 0.6 is 0 Å². The molecule has 1 atom stereocenters. The van der Waals surface area contributed by atoms with Crippen molar-refractivity contribution in [2.75, 3.05) is 5.75 Å². The number of fused-ring (bicyclic) bond motifs is 1. The van der Waals surface area contributed by atoms with Gasteiger partial charge in [0.2, 0.25) is 5.91 Å². The van der Waals surface area contributed by atoms with Crippen LogP contribution in [-0.4, -0.2) is 35.7 Å². The van der Waals surface area contributed by atoms with Crippen LogP contribution in [0.3, 0.4) is 0 Å². The van der Waals surface area contributed by atoms with Gasteiger partial charge in [-0.25, -0.2) is 13.4 Å². The van der Waals surface area contributed by atoms with E-state index in [-0.39, 0.29) is 24.1 Å². The van der Waals surface area contributed by atoms with Crippen molar-refractivity contribution in [2.45, 2.75) is 43.7 Å². The second-order valence-electron chi connectivity index (χ2n) is 6.02. The van der Waals surface area contributed by atoms with E-state index in [1.54, 1.807) is 37.4 Å². The summed E-state index contributed by atoms with van der Waals surface area (Å²) in [6, 6.07) is 6.66. The van der Waals surface area contributed by atoms with Gasteiger partial charge in [0.05, 0.1) is 17.1 Å². The summed E-state index contributed by atoms with van der Waals surface area (Å²) in [5, 5.41) is 3.05. The Hall–Kier alpha value is -2.15. The lowest BCUT2D eigenvalue weighted by Gasteiger charge is -2.24. The van der Waals surface area contributed by atoms with Crippen molar-refractivity contribution in [1.29, 1.82) is 0 Å². The van der Waals surface area contributed by atoms with E-state index in [0.717, 1.165) is 30.8 Å². The lowest BCUT2D eigenvalue weighted by molar-refractivity contribution is -0.121. The minimum Gasteiger partial charge on any atom is -0.351 e. The fraction of sp³-hybridized carbons (Fsp3) is 0.412. The first-order chi connectivity index (χ1) is 11.5. The standard InChI is InChI=1S/C17H21N3O3S/c1-2-24(22,23)15-6-3-13(4-7-15)11-17(21)19-14-5-8-16-18-9-10-20(16)12-14/h3-4,6-7,9-10,14H,2,5,8,11-12H2,1H3,(H,19,21). The molecular weight excluding hydrogens is 326 g/mol. The Balaban J connectivity index is 1.58. The number of hydrogen-bond donors (Lipinski definition) is 1. The van der Waals surface area contributed by atoms with Crippen LogP contribution in [-0.2, 0) is 34.0 Å². The van der Waals surface area contributed by atoms with E-state index < -0.39 is 9.84 Å². The number of imidazole rings is 1. The quantitative estimate of drug-likeness (QED) is 0.885. The number of amides is 1. The molecule has 2 heterocycles. The first-order valence-corrected chi connectivity index (χ1v) is 9.74. The number of carbonyl (C=O) groups excluding carboxylic acids is 1. The summed E-state index contributed by atoms with van der Waals surface area (Å²) in [7, 11) is -3.20. The number of benzene rings is 1. The van der Waals surface area contributed by atoms with Crippen LogP contribution in [0.5, 0.6) is 0 Å². The van der Waals surface area contributed by atoms with Crippen molar-refractivity contribution in [1.82, 2.24) is 14.9 Å². The van der Waals surface area contributed by atoms with Gasteiger partial charge in [-0.1, -0.05) is 19.1 Å². The molecule has 0 aliphatic carbocycles. The third kappa shape index (κ3) is 3.67. The second-order valence-corrected chi connectivity index (χ2v) is 8.30. The van der Waals surface area contributed by atoms with E-state index in [1.165, 1.54) is 0 Å². The van der Waals surface area contributed by atoms with Gasteiger partial charge in [-0.2, -0.15) is 0 Å². The molecule has 0 saturated heterocycles. The third-order valence-corrected chi connectivity index (χ3v) is 6.08. The maximum Gasteiger partial charge on any atom is 0.224 e. The molecule has 1 N–H and O–H groups in total. The molecule has 1 aromatic carbocycles. The summed E-state index contributed by atoms with van der Waals surface area (Å²) >= 11 is 0. The Kier molecular flexibility index (Phi) is 4.71. The van der Waals surface area contributed by atoms with Gasteiger partial charge in [-0.05, 0) is 24.1 Å². The lowest BCUT2D eigenvalue weighted by Crippen LogP contribution is -2.41. The van der Waals surface area contributed by atoms with Crippen molar-refractivity contribution in [3.63, 3.8) is 0 Å². The molecule has 0 radical (unpaired) electrons. The van der Waals surface area contributed by atoms with Gasteiger partial charge < -0.3 is 9.88 Å². The zero-order chi connectivity index (χ0) is 17.2. The molecule has 1 amide bonds. The Labute approximate surface area is 141 Å². The number of aryl methyl sites for hydroxylation is 1. The van der Waals surface area contributed by atoms with Gasteiger partial charge in [0, 0.05) is 31.4 Å². The van der Waals surface area contributed by atoms with Crippen LogP contribution in [0.25, 0.3) is 0 Å². The van der Waals surface area contributed by atoms with E-state index in [9.17, 15) is 13.2 Å². The molecule has 0 spiro atoms. The second kappa shape index (κ2) is 6.76. The summed E-state index contributed by atoms with van der Waals surface area (Å²) in [6.07, 6.45) is 5.71. The number of aromatic nitrogens is 2. The fourth-order valence-electron chi connectivity index (χ4n) is 2.93. The van der Waals surface area contributed by atoms with Crippen molar-refractivity contribution in [2.24, 2.45) is 0 Å². The summed E-state index contributed by atoms with van der Waals surface area (Å²) < 4.78 is 25.6. The molecular formula is C17H21N3O3S. The first-order valence-electron chi connectivity index (χ1n) is 8.09. The highest BCUT2D eigenvalue weighted by atomic mass is 32.2. The minimum atomic E-state index is -3.20. The summed E-state index contributed by atoms with van der Waals surface area (Å²) in [6.45, 7) is 2.36. The SMILES string of the molecule is CCS(=O)(=O)c1ccc(CC(=O)NC2CCc3nccn3C2)cc1. The topological polar surface area (TPSA) is 81.1 Å². The van der Waals surface area contributed by atoms with E-state index in [2.05, 4.69) is 14.9 Å². The molecule has 7 heteroatoms. The number of hydrogen-bond acceptors (Lipinski definition) is 4. The fourth-order valence-corrected chi connectivity index (χ4v) is 3.81. The van der Waals surface area contributed by atoms with Crippen LogP contribution < -0.4 is 5.32 Å². The Morgan fingerprint density at radius 3 is 2.79 bits per heavy atom. The molecule has 6 nitrogen and oxygen atoms in total. The first kappa shape index (κ1) is 16.7. The highest BCUT2D eigenvalue weighted by Gasteiger charge is 2.20. The van der Waals surface area contributed by atoms with Crippen LogP contribution in [0, 0.1) is 0 Å². The molecule has 1 aliphatic heterocycles. The Morgan fingerprint density at radius 2 is 2.08 bits per heavy atom. The number of carbonyl (C=O) groups is 1. The monoisotopic (exact) mass is 347 g/mol. The van der Waals surface area contributed by atoms with E-state index in [1.807, 2.05) is 6.20 Å². The maximum atomic E-state index is 12.2. The minimum absolute atomic E-state index is 0.0466. The average molecular weight is 347 g/mol. The molecule has 24 heavy (non-hydrogen) atoms. The van der Waals surface area contributed by atoms with Gasteiger partial charge >= 0.3 is 0 Å². The molecule has 1 unspecified atom stereocenters. The van der Waals surface area contributed by atoms with E-state index in [4.69, 9.17) is 0 Å². The third-order valence-electron chi connectivity index (χ3n) is 4.33. The molecule has 1 aromatic heterocycles. The largest absolute Gasteiger partial charge is 0.351 e. The van der Waals surface area contributed by atoms with Gasteiger partial charge in [-0.3, -0.25) is 4.79 Å². The highest BCUT2D eigenvalue weighted by Crippen LogP contribution is 2.15. The number of nitrogens with zero attached hydrogens (tertiary/aromatic N) is 2. The van der Waals surface area contributed by atoms with Gasteiger partial charge in [0.1, 0.15) is 5.82 Å². The summed E-state index contributed by atoms with van der Waals surface area (Å²) in [5.41, 5.74) is 0.807. The van der Waals surface area contributed by atoms with Crippen LogP contribution in [0.1, 0.15) is 24.7 Å². The number of rotatable bonds is 5. The zero-order valence-corrected chi connectivity index (χ0v) is 14.4. The van der Waals surface area contributed by atoms with Crippen LogP contribution in [0.2, 0.25) is 0 Å². The van der Waals surface area contributed by atoms with Crippen molar-refractivity contribution in [3.05, 3.63) is 48.0 Å². The summed E-state index contributed by atoms with van der Waals surface area (Å²) in [5.74, 6) is 1.09. The maximum absolute atomic E-state index is 12.2. The predicted octanol–water partition coefficient (Wildman–Crippen LogP) is 1.35. The Bertz CT molecular complexity index is 825. The zero-order valence-electron chi connectivity index (χ0n) is 13.6. The molecule has 2 aromatic rings. The normalized spacial score (nSPS) is 17.3. The molecule has 128 valence electrons. The molecule has 3 rings (SSSR count). The predicted molar refractivity (Wildman–Crippen MR) is 90.4 cm³/mol. The Morgan fingerprint density at radius 1 is 1.33 bits per heavy atom.